The number of amides is 2. The Hall–Kier alpha value is -2.60. The Morgan fingerprint density at radius 2 is 1.78 bits per heavy atom. The van der Waals surface area contributed by atoms with Gasteiger partial charge in [-0.1, -0.05) is 31.9 Å². The summed E-state index contributed by atoms with van der Waals surface area (Å²) in [6, 6.07) is 11.1. The van der Waals surface area contributed by atoms with Gasteiger partial charge in [-0.15, -0.1) is 0 Å². The van der Waals surface area contributed by atoms with Gasteiger partial charge in [0.05, 0.1) is 6.10 Å². The van der Waals surface area contributed by atoms with E-state index in [1.54, 1.807) is 0 Å². The molecule has 0 bridgehead atoms. The maximum Gasteiger partial charge on any atom is 0.251 e. The van der Waals surface area contributed by atoms with Gasteiger partial charge in [-0.3, -0.25) is 9.59 Å². The molecule has 6 nitrogen and oxygen atoms in total. The number of hydrogen-bond acceptors (Lipinski definition) is 4. The molecule has 1 fully saturated rings. The molecular weight excluding hydrogens is 402 g/mol. The molecule has 2 aromatic carbocycles. The van der Waals surface area contributed by atoms with E-state index in [4.69, 9.17) is 4.74 Å². The fourth-order valence-corrected chi connectivity index (χ4v) is 4.14. The van der Waals surface area contributed by atoms with Crippen molar-refractivity contribution in [2.24, 2.45) is 0 Å². The lowest BCUT2D eigenvalue weighted by Gasteiger charge is -2.23. The fraction of sp³-hybridized carbons (Fsp3) is 0.538. The van der Waals surface area contributed by atoms with Crippen molar-refractivity contribution < 1.29 is 14.3 Å². The lowest BCUT2D eigenvalue weighted by Crippen LogP contribution is -2.47. The number of rotatable bonds is 10. The van der Waals surface area contributed by atoms with E-state index in [0.29, 0.717) is 24.6 Å². The van der Waals surface area contributed by atoms with Gasteiger partial charge < -0.3 is 20.3 Å². The molecule has 2 N–H and O–H groups in total. The molecule has 2 aromatic rings. The first kappa shape index (κ1) is 24.1. The van der Waals surface area contributed by atoms with Crippen LogP contribution in [0.25, 0.3) is 10.8 Å². The fourth-order valence-electron chi connectivity index (χ4n) is 4.14. The van der Waals surface area contributed by atoms with E-state index in [-0.39, 0.29) is 11.8 Å². The van der Waals surface area contributed by atoms with Crippen LogP contribution in [0.4, 0.5) is 0 Å². The van der Waals surface area contributed by atoms with E-state index in [1.165, 1.54) is 19.3 Å². The maximum absolute atomic E-state index is 12.9. The summed E-state index contributed by atoms with van der Waals surface area (Å²) in [5.74, 6) is 0.530. The second kappa shape index (κ2) is 11.9. The van der Waals surface area contributed by atoms with Crippen molar-refractivity contribution in [1.82, 2.24) is 15.5 Å². The molecule has 1 aliphatic carbocycles. The number of carbonyl (C=O) groups is 2. The molecular formula is C26H37N3O3. The first-order chi connectivity index (χ1) is 15.5. The smallest absolute Gasteiger partial charge is 0.251 e. The summed E-state index contributed by atoms with van der Waals surface area (Å²) >= 11 is 0. The lowest BCUT2D eigenvalue weighted by molar-refractivity contribution is -0.123. The molecule has 0 spiro atoms. The van der Waals surface area contributed by atoms with Crippen molar-refractivity contribution in [2.45, 2.75) is 64.0 Å². The summed E-state index contributed by atoms with van der Waals surface area (Å²) in [5, 5.41) is 7.85. The van der Waals surface area contributed by atoms with Crippen LogP contribution in [0, 0.1) is 0 Å². The van der Waals surface area contributed by atoms with E-state index in [0.717, 1.165) is 42.3 Å². The Morgan fingerprint density at radius 1 is 1.06 bits per heavy atom. The monoisotopic (exact) mass is 439 g/mol. The highest BCUT2D eigenvalue weighted by molar-refractivity contribution is 6.00. The van der Waals surface area contributed by atoms with Crippen LogP contribution in [0.15, 0.2) is 36.4 Å². The van der Waals surface area contributed by atoms with Gasteiger partial charge in [0.25, 0.3) is 5.91 Å². The van der Waals surface area contributed by atoms with E-state index < -0.39 is 6.04 Å². The average molecular weight is 440 g/mol. The summed E-state index contributed by atoms with van der Waals surface area (Å²) in [5.41, 5.74) is 0.556. The molecule has 1 atom stereocenters. The van der Waals surface area contributed by atoms with E-state index in [9.17, 15) is 9.59 Å². The lowest BCUT2D eigenvalue weighted by atomic mass is 9.98. The molecule has 2 amide bonds. The Labute approximate surface area is 191 Å². The van der Waals surface area contributed by atoms with Gasteiger partial charge in [-0.05, 0) is 81.2 Å². The third-order valence-corrected chi connectivity index (χ3v) is 5.99. The SMILES string of the molecule is CCC[C@H](NC(=O)c1ccc2cc(OC3CCCCC3)ccc2c1)C(=O)NCCN(C)C. The van der Waals surface area contributed by atoms with Gasteiger partial charge >= 0.3 is 0 Å². The molecule has 0 aliphatic heterocycles. The molecule has 0 unspecified atom stereocenters. The number of fused-ring (bicyclic) bond motifs is 1. The number of carbonyl (C=O) groups excluding carboxylic acids is 2. The van der Waals surface area contributed by atoms with Crippen molar-refractivity contribution >= 4 is 22.6 Å². The number of benzene rings is 2. The Balaban J connectivity index is 1.64. The second-order valence-corrected chi connectivity index (χ2v) is 9.01. The third kappa shape index (κ3) is 6.95. The largest absolute Gasteiger partial charge is 0.490 e. The van der Waals surface area contributed by atoms with Gasteiger partial charge in [0.15, 0.2) is 0 Å². The molecule has 0 radical (unpaired) electrons. The molecule has 0 aromatic heterocycles. The zero-order chi connectivity index (χ0) is 22.9. The number of ether oxygens (including phenoxy) is 1. The summed E-state index contributed by atoms with van der Waals surface area (Å²) in [7, 11) is 3.92. The number of nitrogens with zero attached hydrogens (tertiary/aromatic N) is 1. The zero-order valence-corrected chi connectivity index (χ0v) is 19.7. The van der Waals surface area contributed by atoms with Crippen LogP contribution in [0.1, 0.15) is 62.2 Å². The van der Waals surface area contributed by atoms with Crippen LogP contribution >= 0.6 is 0 Å². The van der Waals surface area contributed by atoms with Crippen molar-refractivity contribution in [3.63, 3.8) is 0 Å². The van der Waals surface area contributed by atoms with Crippen molar-refractivity contribution in [2.75, 3.05) is 27.2 Å². The maximum atomic E-state index is 12.9. The van der Waals surface area contributed by atoms with E-state index in [2.05, 4.69) is 10.6 Å². The predicted octanol–water partition coefficient (Wildman–Crippen LogP) is 4.13. The standard InChI is InChI=1S/C26H37N3O3/c1-4-8-24(26(31)27-15-16-29(2)3)28-25(30)21-12-11-20-18-23(14-13-19(20)17-21)32-22-9-6-5-7-10-22/h11-14,17-18,22,24H,4-10,15-16H2,1-3H3,(H,27,31)(H,28,30)/t24-/m0/s1. The molecule has 0 saturated heterocycles. The van der Waals surface area contributed by atoms with E-state index in [1.807, 2.05) is 62.3 Å². The minimum Gasteiger partial charge on any atom is -0.490 e. The molecule has 32 heavy (non-hydrogen) atoms. The highest BCUT2D eigenvalue weighted by atomic mass is 16.5. The second-order valence-electron chi connectivity index (χ2n) is 9.01. The normalized spacial score (nSPS) is 15.5. The molecule has 174 valence electrons. The number of likely N-dealkylation sites (N-methyl/N-ethyl adjacent to an activating group) is 1. The van der Waals surface area contributed by atoms with Crippen LogP contribution in [0.3, 0.4) is 0 Å². The summed E-state index contributed by atoms with van der Waals surface area (Å²) < 4.78 is 6.17. The molecule has 1 saturated carbocycles. The van der Waals surface area contributed by atoms with Crippen LogP contribution < -0.4 is 15.4 Å². The molecule has 0 heterocycles. The molecule has 6 heteroatoms. The van der Waals surface area contributed by atoms with Gasteiger partial charge in [-0.2, -0.15) is 0 Å². The first-order valence-corrected chi connectivity index (χ1v) is 11.9. The highest BCUT2D eigenvalue weighted by Crippen LogP contribution is 2.27. The third-order valence-electron chi connectivity index (χ3n) is 5.99. The topological polar surface area (TPSA) is 70.7 Å². The van der Waals surface area contributed by atoms with Gasteiger partial charge in [0.1, 0.15) is 11.8 Å². The average Bonchev–Trinajstić information content (AvgIpc) is 2.78. The minimum absolute atomic E-state index is 0.132. The Bertz CT molecular complexity index is 906. The molecule has 3 rings (SSSR count). The molecule has 1 aliphatic rings. The van der Waals surface area contributed by atoms with Crippen molar-refractivity contribution in [3.8, 4) is 5.75 Å². The van der Waals surface area contributed by atoms with Crippen LogP contribution in [-0.4, -0.2) is 56.0 Å². The number of hydrogen-bond donors (Lipinski definition) is 2. The quantitative estimate of drug-likeness (QED) is 0.584. The first-order valence-electron chi connectivity index (χ1n) is 11.9. The summed E-state index contributed by atoms with van der Waals surface area (Å²) in [6.07, 6.45) is 7.76. The highest BCUT2D eigenvalue weighted by Gasteiger charge is 2.21. The van der Waals surface area contributed by atoms with Crippen molar-refractivity contribution in [1.29, 1.82) is 0 Å². The number of nitrogens with one attached hydrogen (secondary N) is 2. The van der Waals surface area contributed by atoms with Gasteiger partial charge in [-0.25, -0.2) is 0 Å². The van der Waals surface area contributed by atoms with Crippen molar-refractivity contribution in [3.05, 3.63) is 42.0 Å². The Morgan fingerprint density at radius 3 is 2.50 bits per heavy atom. The van der Waals surface area contributed by atoms with Crippen LogP contribution in [0.2, 0.25) is 0 Å². The minimum atomic E-state index is -0.531. The van der Waals surface area contributed by atoms with Crippen LogP contribution in [-0.2, 0) is 4.79 Å². The zero-order valence-electron chi connectivity index (χ0n) is 19.7. The van der Waals surface area contributed by atoms with Crippen LogP contribution in [0.5, 0.6) is 5.75 Å². The van der Waals surface area contributed by atoms with E-state index >= 15 is 0 Å². The Kier molecular flexibility index (Phi) is 8.91. The predicted molar refractivity (Wildman–Crippen MR) is 129 cm³/mol. The summed E-state index contributed by atoms with van der Waals surface area (Å²) in [6.45, 7) is 3.33. The summed E-state index contributed by atoms with van der Waals surface area (Å²) in [4.78, 5) is 27.4. The van der Waals surface area contributed by atoms with Gasteiger partial charge in [0.2, 0.25) is 5.91 Å². The van der Waals surface area contributed by atoms with Gasteiger partial charge in [0, 0.05) is 18.7 Å².